The molecule has 1 N–H and O–H groups in total. The Kier molecular flexibility index (Phi) is 2.65. The molecule has 0 radical (unpaired) electrons. The van der Waals surface area contributed by atoms with Crippen LogP contribution in [0.1, 0.15) is 33.6 Å². The van der Waals surface area contributed by atoms with Crippen molar-refractivity contribution in [1.82, 2.24) is 10.0 Å². The molecule has 94 valence electrons. The molecule has 1 saturated heterocycles. The lowest BCUT2D eigenvalue weighted by Crippen LogP contribution is -2.49. The minimum absolute atomic E-state index is 0.0343. The Labute approximate surface area is 105 Å². The number of carbonyl (C=O) groups is 2. The third-order valence-electron chi connectivity index (χ3n) is 3.59. The molecule has 2 amide bonds. The van der Waals surface area contributed by atoms with E-state index in [9.17, 15) is 14.7 Å². The number of hydrazine groups is 1. The largest absolute Gasteiger partial charge is 0.395 e. The zero-order chi connectivity index (χ0) is 12.7. The van der Waals surface area contributed by atoms with Crippen molar-refractivity contribution < 1.29 is 14.7 Å². The minimum atomic E-state index is -0.282. The summed E-state index contributed by atoms with van der Waals surface area (Å²) in [4.78, 5) is 24.5. The zero-order valence-corrected chi connectivity index (χ0v) is 9.87. The normalized spacial score (nSPS) is 23.8. The van der Waals surface area contributed by atoms with E-state index in [4.69, 9.17) is 0 Å². The lowest BCUT2D eigenvalue weighted by atomic mass is 10.1. The quantitative estimate of drug-likeness (QED) is 0.778. The molecule has 0 aromatic heterocycles. The number of nitrogens with zero attached hydrogens (tertiary/aromatic N) is 2. The Balaban J connectivity index is 1.97. The molecule has 2 aliphatic rings. The second-order valence-electron chi connectivity index (χ2n) is 4.61. The number of imide groups is 1. The number of aliphatic hydroxyl groups is 1. The second-order valence-corrected chi connectivity index (χ2v) is 4.61. The van der Waals surface area contributed by atoms with Gasteiger partial charge in [-0.25, -0.2) is 10.0 Å². The average molecular weight is 246 g/mol. The molecule has 0 saturated carbocycles. The zero-order valence-electron chi connectivity index (χ0n) is 9.87. The van der Waals surface area contributed by atoms with Crippen molar-refractivity contribution in [2.75, 3.05) is 13.2 Å². The van der Waals surface area contributed by atoms with Crippen LogP contribution in [0.2, 0.25) is 0 Å². The first kappa shape index (κ1) is 11.4. The molecule has 1 aromatic rings. The Morgan fingerprint density at radius 1 is 1.17 bits per heavy atom. The minimum Gasteiger partial charge on any atom is -0.395 e. The highest BCUT2D eigenvalue weighted by molar-refractivity contribution is 6.20. The van der Waals surface area contributed by atoms with Gasteiger partial charge in [-0.2, -0.15) is 0 Å². The predicted molar refractivity (Wildman–Crippen MR) is 63.8 cm³/mol. The number of amides is 2. The first-order valence-corrected chi connectivity index (χ1v) is 6.09. The summed E-state index contributed by atoms with van der Waals surface area (Å²) in [6.45, 7) is 0.601. The summed E-state index contributed by atoms with van der Waals surface area (Å²) in [5, 5.41) is 12.2. The van der Waals surface area contributed by atoms with Crippen LogP contribution in [0.15, 0.2) is 24.3 Å². The third-order valence-corrected chi connectivity index (χ3v) is 3.59. The van der Waals surface area contributed by atoms with E-state index in [1.54, 1.807) is 29.3 Å². The SMILES string of the molecule is O=C1c2ccccc2C(=O)N1N1CCC[C@H]1CO. The summed E-state index contributed by atoms with van der Waals surface area (Å²) in [7, 11) is 0. The summed E-state index contributed by atoms with van der Waals surface area (Å²) in [6, 6.07) is 6.70. The second kappa shape index (κ2) is 4.19. The van der Waals surface area contributed by atoms with E-state index in [0.717, 1.165) is 12.8 Å². The number of hydrogen-bond acceptors (Lipinski definition) is 4. The summed E-state index contributed by atoms with van der Waals surface area (Å²) in [5.41, 5.74) is 0.900. The Morgan fingerprint density at radius 3 is 2.33 bits per heavy atom. The van der Waals surface area contributed by atoms with Crippen LogP contribution in [-0.2, 0) is 0 Å². The molecule has 1 aromatic carbocycles. The lowest BCUT2D eigenvalue weighted by Gasteiger charge is -2.30. The van der Waals surface area contributed by atoms with E-state index in [0.29, 0.717) is 17.7 Å². The molecule has 1 fully saturated rings. The van der Waals surface area contributed by atoms with Gasteiger partial charge in [-0.15, -0.1) is 0 Å². The van der Waals surface area contributed by atoms with Crippen molar-refractivity contribution in [2.45, 2.75) is 18.9 Å². The van der Waals surface area contributed by atoms with Crippen molar-refractivity contribution >= 4 is 11.8 Å². The number of hydrogen-bond donors (Lipinski definition) is 1. The molecule has 5 nitrogen and oxygen atoms in total. The van der Waals surface area contributed by atoms with Crippen molar-refractivity contribution in [2.24, 2.45) is 0 Å². The van der Waals surface area contributed by atoms with E-state index in [1.165, 1.54) is 5.01 Å². The van der Waals surface area contributed by atoms with Crippen LogP contribution in [0, 0.1) is 0 Å². The van der Waals surface area contributed by atoms with Gasteiger partial charge in [-0.3, -0.25) is 9.59 Å². The number of benzene rings is 1. The first-order chi connectivity index (χ1) is 8.74. The molecule has 18 heavy (non-hydrogen) atoms. The molecule has 2 heterocycles. The topological polar surface area (TPSA) is 60.9 Å². The van der Waals surface area contributed by atoms with Crippen LogP contribution >= 0.6 is 0 Å². The average Bonchev–Trinajstić information content (AvgIpc) is 2.95. The van der Waals surface area contributed by atoms with Gasteiger partial charge in [0.1, 0.15) is 0 Å². The Hall–Kier alpha value is -1.72. The molecule has 0 unspecified atom stereocenters. The molecule has 0 bridgehead atoms. The first-order valence-electron chi connectivity index (χ1n) is 6.09. The van der Waals surface area contributed by atoms with Gasteiger partial charge in [-0.1, -0.05) is 12.1 Å². The molecule has 5 heteroatoms. The fourth-order valence-electron chi connectivity index (χ4n) is 2.68. The third kappa shape index (κ3) is 1.48. The standard InChI is InChI=1S/C13H14N2O3/c16-8-9-4-3-7-14(9)15-12(17)10-5-1-2-6-11(10)13(15)18/h1-2,5-6,9,16H,3-4,7-8H2/t9-/m0/s1. The van der Waals surface area contributed by atoms with E-state index in [2.05, 4.69) is 0 Å². The van der Waals surface area contributed by atoms with Gasteiger partial charge in [0, 0.05) is 6.54 Å². The van der Waals surface area contributed by atoms with Crippen LogP contribution in [-0.4, -0.2) is 46.1 Å². The number of carbonyl (C=O) groups excluding carboxylic acids is 2. The van der Waals surface area contributed by atoms with Crippen LogP contribution < -0.4 is 0 Å². The highest BCUT2D eigenvalue weighted by Gasteiger charge is 2.42. The Bertz CT molecular complexity index is 480. The molecule has 3 rings (SSSR count). The smallest absolute Gasteiger partial charge is 0.276 e. The van der Waals surface area contributed by atoms with Crippen molar-refractivity contribution in [3.63, 3.8) is 0 Å². The van der Waals surface area contributed by atoms with Gasteiger partial charge in [0.05, 0.1) is 23.8 Å². The van der Waals surface area contributed by atoms with Gasteiger partial charge in [0.15, 0.2) is 0 Å². The molecule has 1 atom stereocenters. The van der Waals surface area contributed by atoms with E-state index >= 15 is 0 Å². The molecular weight excluding hydrogens is 232 g/mol. The lowest BCUT2D eigenvalue weighted by molar-refractivity contribution is -0.0149. The van der Waals surface area contributed by atoms with Crippen molar-refractivity contribution in [3.8, 4) is 0 Å². The van der Waals surface area contributed by atoms with Gasteiger partial charge in [0.2, 0.25) is 0 Å². The van der Waals surface area contributed by atoms with Crippen LogP contribution in [0.4, 0.5) is 0 Å². The maximum Gasteiger partial charge on any atom is 0.276 e. The number of aliphatic hydroxyl groups excluding tert-OH is 1. The van der Waals surface area contributed by atoms with E-state index in [-0.39, 0.29) is 24.5 Å². The Morgan fingerprint density at radius 2 is 1.78 bits per heavy atom. The van der Waals surface area contributed by atoms with Gasteiger partial charge >= 0.3 is 0 Å². The maximum atomic E-state index is 12.2. The van der Waals surface area contributed by atoms with E-state index in [1.807, 2.05) is 0 Å². The predicted octanol–water partition coefficient (Wildman–Crippen LogP) is 0.654. The molecular formula is C13H14N2O3. The maximum absolute atomic E-state index is 12.2. The molecule has 0 aliphatic carbocycles. The highest BCUT2D eigenvalue weighted by atomic mass is 16.3. The number of fused-ring (bicyclic) bond motifs is 1. The summed E-state index contributed by atoms with van der Waals surface area (Å²) < 4.78 is 0. The molecule has 0 spiro atoms. The molecule has 2 aliphatic heterocycles. The summed E-state index contributed by atoms with van der Waals surface area (Å²) >= 11 is 0. The van der Waals surface area contributed by atoms with Crippen molar-refractivity contribution in [1.29, 1.82) is 0 Å². The van der Waals surface area contributed by atoms with Gasteiger partial charge < -0.3 is 5.11 Å². The van der Waals surface area contributed by atoms with Crippen LogP contribution in [0.3, 0.4) is 0 Å². The fraction of sp³-hybridized carbons (Fsp3) is 0.385. The van der Waals surface area contributed by atoms with Crippen LogP contribution in [0.5, 0.6) is 0 Å². The monoisotopic (exact) mass is 246 g/mol. The van der Waals surface area contributed by atoms with Gasteiger partial charge in [0.25, 0.3) is 11.8 Å². The highest BCUT2D eigenvalue weighted by Crippen LogP contribution is 2.28. The number of rotatable bonds is 2. The van der Waals surface area contributed by atoms with E-state index < -0.39 is 0 Å². The van der Waals surface area contributed by atoms with Crippen LogP contribution in [0.25, 0.3) is 0 Å². The fourth-order valence-corrected chi connectivity index (χ4v) is 2.68. The van der Waals surface area contributed by atoms with Gasteiger partial charge in [-0.05, 0) is 25.0 Å². The summed E-state index contributed by atoms with van der Waals surface area (Å²) in [6.07, 6.45) is 1.70. The van der Waals surface area contributed by atoms with Crippen molar-refractivity contribution in [3.05, 3.63) is 35.4 Å². The summed E-state index contributed by atoms with van der Waals surface area (Å²) in [5.74, 6) is -0.563.